The molecule has 2 N–H and O–H groups in total. The van der Waals surface area contributed by atoms with Gasteiger partial charge >= 0.3 is 0 Å². The third-order valence-electron chi connectivity index (χ3n) is 4.69. The highest BCUT2D eigenvalue weighted by molar-refractivity contribution is 6.09. The zero-order valence-electron chi connectivity index (χ0n) is 17.0. The average Bonchev–Trinajstić information content (AvgIpc) is 2.75. The van der Waals surface area contributed by atoms with Gasteiger partial charge in [-0.2, -0.15) is 0 Å². The van der Waals surface area contributed by atoms with Crippen molar-refractivity contribution in [2.24, 2.45) is 4.99 Å². The minimum atomic E-state index is -0.198. The van der Waals surface area contributed by atoms with E-state index in [1.165, 1.54) is 0 Å². The van der Waals surface area contributed by atoms with Crippen molar-refractivity contribution in [3.63, 3.8) is 0 Å². The van der Waals surface area contributed by atoms with Crippen molar-refractivity contribution in [2.75, 3.05) is 51.8 Å². The number of ether oxygens (including phenoxy) is 2. The van der Waals surface area contributed by atoms with E-state index in [9.17, 15) is 4.79 Å². The van der Waals surface area contributed by atoms with Crippen LogP contribution in [0.2, 0.25) is 0 Å². The summed E-state index contributed by atoms with van der Waals surface area (Å²) in [5.74, 6) is 0.996. The predicted octanol–water partition coefficient (Wildman–Crippen LogP) is 2.53. The van der Waals surface area contributed by atoms with Crippen LogP contribution < -0.4 is 15.4 Å². The first-order valence-corrected chi connectivity index (χ1v) is 9.78. The van der Waals surface area contributed by atoms with Crippen molar-refractivity contribution in [1.29, 1.82) is 0 Å². The summed E-state index contributed by atoms with van der Waals surface area (Å²) < 4.78 is 10.6. The Morgan fingerprint density at radius 3 is 2.45 bits per heavy atom. The van der Waals surface area contributed by atoms with Crippen LogP contribution >= 0.6 is 0 Å². The van der Waals surface area contributed by atoms with Crippen LogP contribution in [-0.2, 0) is 4.74 Å². The number of guanidine groups is 1. The Morgan fingerprint density at radius 1 is 1.10 bits per heavy atom. The first-order valence-electron chi connectivity index (χ1n) is 9.78. The third-order valence-corrected chi connectivity index (χ3v) is 4.69. The zero-order chi connectivity index (χ0) is 20.5. The molecule has 0 spiro atoms. The molecule has 0 aliphatic carbocycles. The van der Waals surface area contributed by atoms with E-state index in [0.29, 0.717) is 18.1 Å². The summed E-state index contributed by atoms with van der Waals surface area (Å²) in [7, 11) is 1.63. The Labute approximate surface area is 171 Å². The number of hydrogen-bond donors (Lipinski definition) is 2. The fraction of sp³-hybridized carbons (Fsp3) is 0.364. The Kier molecular flexibility index (Phi) is 7.61. The summed E-state index contributed by atoms with van der Waals surface area (Å²) >= 11 is 0. The monoisotopic (exact) mass is 396 g/mol. The number of amides is 1. The minimum Gasteiger partial charge on any atom is -0.497 e. The maximum Gasteiger partial charge on any atom is 0.257 e. The highest BCUT2D eigenvalue weighted by atomic mass is 16.5. The lowest BCUT2D eigenvalue weighted by molar-refractivity contribution is 0.0394. The largest absolute Gasteiger partial charge is 0.497 e. The lowest BCUT2D eigenvalue weighted by atomic mass is 10.1. The topological polar surface area (TPSA) is 75.2 Å². The Balaban J connectivity index is 1.67. The summed E-state index contributed by atoms with van der Waals surface area (Å²) in [5, 5.41) is 6.09. The van der Waals surface area contributed by atoms with Crippen molar-refractivity contribution in [1.82, 2.24) is 10.2 Å². The van der Waals surface area contributed by atoms with Crippen molar-refractivity contribution < 1.29 is 14.3 Å². The standard InChI is InChI=1S/C22H28N4O3/c1-17-3-5-18(6-4-17)21(27)25-22(23-11-12-26-13-15-29-16-14-26)24-19-7-9-20(28-2)10-8-19/h3-10H,11-16H2,1-2H3,(H2,23,24,25,27). The van der Waals surface area contributed by atoms with Crippen LogP contribution in [0.3, 0.4) is 0 Å². The molecule has 1 aliphatic rings. The van der Waals surface area contributed by atoms with Crippen LogP contribution in [0.1, 0.15) is 15.9 Å². The van der Waals surface area contributed by atoms with E-state index in [1.54, 1.807) is 7.11 Å². The maximum atomic E-state index is 12.6. The molecule has 1 amide bonds. The van der Waals surface area contributed by atoms with Crippen molar-refractivity contribution in [3.8, 4) is 5.75 Å². The summed E-state index contributed by atoms with van der Waals surface area (Å²) in [6.45, 7) is 6.71. The number of anilines is 1. The molecule has 7 heteroatoms. The van der Waals surface area contributed by atoms with E-state index in [0.717, 1.165) is 49.8 Å². The molecule has 0 unspecified atom stereocenters. The smallest absolute Gasteiger partial charge is 0.257 e. The number of nitrogens with one attached hydrogen (secondary N) is 2. The molecule has 29 heavy (non-hydrogen) atoms. The average molecular weight is 396 g/mol. The number of methoxy groups -OCH3 is 1. The van der Waals surface area contributed by atoms with E-state index in [1.807, 2.05) is 55.5 Å². The number of rotatable bonds is 6. The molecule has 0 atom stereocenters. The molecule has 0 aromatic heterocycles. The molecule has 0 bridgehead atoms. The van der Waals surface area contributed by atoms with Gasteiger partial charge in [-0.15, -0.1) is 0 Å². The van der Waals surface area contributed by atoms with Gasteiger partial charge in [0.05, 0.1) is 26.9 Å². The summed E-state index contributed by atoms with van der Waals surface area (Å²) in [6, 6.07) is 14.9. The van der Waals surface area contributed by atoms with E-state index in [2.05, 4.69) is 20.5 Å². The second kappa shape index (κ2) is 10.6. The van der Waals surface area contributed by atoms with Crippen LogP contribution in [0.4, 0.5) is 5.69 Å². The van der Waals surface area contributed by atoms with Crippen LogP contribution in [0, 0.1) is 6.92 Å². The molecular weight excluding hydrogens is 368 g/mol. The summed E-state index contributed by atoms with van der Waals surface area (Å²) in [6.07, 6.45) is 0. The van der Waals surface area contributed by atoms with Gasteiger partial charge in [-0.3, -0.25) is 20.0 Å². The molecule has 1 saturated heterocycles. The van der Waals surface area contributed by atoms with Crippen LogP contribution in [-0.4, -0.2) is 63.3 Å². The Bertz CT molecular complexity index is 813. The molecule has 2 aromatic rings. The van der Waals surface area contributed by atoms with Crippen molar-refractivity contribution in [3.05, 3.63) is 59.7 Å². The molecule has 0 saturated carbocycles. The first kappa shape index (κ1) is 20.8. The van der Waals surface area contributed by atoms with Gasteiger partial charge in [0.1, 0.15) is 5.75 Å². The number of nitrogens with zero attached hydrogens (tertiary/aromatic N) is 2. The van der Waals surface area contributed by atoms with Crippen molar-refractivity contribution >= 4 is 17.6 Å². The van der Waals surface area contributed by atoms with E-state index < -0.39 is 0 Å². The minimum absolute atomic E-state index is 0.198. The summed E-state index contributed by atoms with van der Waals surface area (Å²) in [5.41, 5.74) is 2.52. The fourth-order valence-corrected chi connectivity index (χ4v) is 2.93. The second-order valence-corrected chi connectivity index (χ2v) is 6.86. The predicted molar refractivity (Wildman–Crippen MR) is 115 cm³/mol. The van der Waals surface area contributed by atoms with Gasteiger partial charge in [-0.1, -0.05) is 17.7 Å². The van der Waals surface area contributed by atoms with Crippen LogP contribution in [0.15, 0.2) is 53.5 Å². The van der Waals surface area contributed by atoms with Gasteiger partial charge in [0.2, 0.25) is 5.96 Å². The van der Waals surface area contributed by atoms with E-state index >= 15 is 0 Å². The van der Waals surface area contributed by atoms with Gasteiger partial charge in [0, 0.05) is 30.9 Å². The highest BCUT2D eigenvalue weighted by Gasteiger charge is 2.12. The van der Waals surface area contributed by atoms with Gasteiger partial charge in [0.25, 0.3) is 5.91 Å². The number of hydrogen-bond acceptors (Lipinski definition) is 5. The summed E-state index contributed by atoms with van der Waals surface area (Å²) in [4.78, 5) is 19.5. The van der Waals surface area contributed by atoms with Crippen molar-refractivity contribution in [2.45, 2.75) is 6.92 Å². The van der Waals surface area contributed by atoms with Gasteiger partial charge in [-0.05, 0) is 43.3 Å². The van der Waals surface area contributed by atoms with Gasteiger partial charge in [0.15, 0.2) is 0 Å². The number of benzene rings is 2. The molecule has 154 valence electrons. The molecule has 1 aliphatic heterocycles. The molecular formula is C22H28N4O3. The first-order chi connectivity index (χ1) is 14.1. The Morgan fingerprint density at radius 2 is 1.79 bits per heavy atom. The molecule has 1 heterocycles. The molecule has 0 radical (unpaired) electrons. The molecule has 7 nitrogen and oxygen atoms in total. The Hall–Kier alpha value is -2.90. The zero-order valence-corrected chi connectivity index (χ0v) is 17.0. The fourth-order valence-electron chi connectivity index (χ4n) is 2.93. The SMILES string of the molecule is COc1ccc(NC(=NCCN2CCOCC2)NC(=O)c2ccc(C)cc2)cc1. The number of morpholine rings is 1. The highest BCUT2D eigenvalue weighted by Crippen LogP contribution is 2.15. The molecule has 1 fully saturated rings. The molecule has 2 aromatic carbocycles. The number of aryl methyl sites for hydroxylation is 1. The lowest BCUT2D eigenvalue weighted by Gasteiger charge is -2.25. The van der Waals surface area contributed by atoms with E-state index in [-0.39, 0.29) is 5.91 Å². The third kappa shape index (κ3) is 6.58. The van der Waals surface area contributed by atoms with Gasteiger partial charge in [-0.25, -0.2) is 0 Å². The van der Waals surface area contributed by atoms with Gasteiger partial charge < -0.3 is 14.8 Å². The maximum absolute atomic E-state index is 12.6. The quantitative estimate of drug-likeness (QED) is 0.580. The lowest BCUT2D eigenvalue weighted by Crippen LogP contribution is -2.39. The molecule has 3 rings (SSSR count). The van der Waals surface area contributed by atoms with Crippen LogP contribution in [0.5, 0.6) is 5.75 Å². The number of carbonyl (C=O) groups excluding carboxylic acids is 1. The second-order valence-electron chi connectivity index (χ2n) is 6.86. The van der Waals surface area contributed by atoms with Crippen LogP contribution in [0.25, 0.3) is 0 Å². The van der Waals surface area contributed by atoms with E-state index in [4.69, 9.17) is 9.47 Å². The normalized spacial score (nSPS) is 15.0. The number of carbonyl (C=O) groups is 1. The number of aliphatic imine (C=N–C) groups is 1.